The molecule has 144 valence electrons. The van der Waals surface area contributed by atoms with Crippen LogP contribution >= 0.6 is 0 Å². The van der Waals surface area contributed by atoms with E-state index in [0.717, 1.165) is 5.56 Å². The van der Waals surface area contributed by atoms with Crippen LogP contribution in [0.3, 0.4) is 0 Å². The minimum Gasteiger partial charge on any atom is -0.497 e. The lowest BCUT2D eigenvalue weighted by Crippen LogP contribution is -2.45. The summed E-state index contributed by atoms with van der Waals surface area (Å²) in [6.07, 6.45) is 0. The van der Waals surface area contributed by atoms with Gasteiger partial charge < -0.3 is 19.1 Å². The normalized spacial score (nSPS) is 15.3. The number of rotatable bonds is 5. The molecular weight excluding hydrogens is 350 g/mol. The average Bonchev–Trinajstić information content (AvgIpc) is 2.73. The maximum atomic E-state index is 12.8. The van der Waals surface area contributed by atoms with Crippen LogP contribution in [0.2, 0.25) is 0 Å². The van der Waals surface area contributed by atoms with Gasteiger partial charge in [0.2, 0.25) is 5.91 Å². The number of methoxy groups -OCH3 is 2. The van der Waals surface area contributed by atoms with Crippen molar-refractivity contribution in [2.24, 2.45) is 0 Å². The fourth-order valence-corrected chi connectivity index (χ4v) is 2.99. The van der Waals surface area contributed by atoms with Crippen LogP contribution in [-0.4, -0.2) is 61.1 Å². The van der Waals surface area contributed by atoms with Crippen molar-refractivity contribution >= 4 is 5.91 Å². The first-order chi connectivity index (χ1) is 13.0. The van der Waals surface area contributed by atoms with E-state index in [2.05, 4.69) is 5.10 Å². The van der Waals surface area contributed by atoms with Gasteiger partial charge in [0.25, 0.3) is 5.56 Å². The molecule has 0 unspecified atom stereocenters. The first-order valence-corrected chi connectivity index (χ1v) is 8.74. The van der Waals surface area contributed by atoms with Crippen LogP contribution < -0.4 is 15.0 Å². The van der Waals surface area contributed by atoms with Crippen molar-refractivity contribution in [3.8, 4) is 22.8 Å². The zero-order valence-electron chi connectivity index (χ0n) is 15.7. The molecule has 1 atom stereocenters. The number of amides is 1. The quantitative estimate of drug-likeness (QED) is 0.787. The molecule has 0 spiro atoms. The summed E-state index contributed by atoms with van der Waals surface area (Å²) in [5.74, 6) is 0.910. The Kier molecular flexibility index (Phi) is 5.75. The first-order valence-electron chi connectivity index (χ1n) is 8.74. The number of hydrogen-bond acceptors (Lipinski definition) is 6. The number of benzene rings is 1. The minimum atomic E-state index is -0.724. The van der Waals surface area contributed by atoms with Crippen LogP contribution in [0.4, 0.5) is 0 Å². The van der Waals surface area contributed by atoms with E-state index in [1.165, 1.54) is 17.9 Å². The summed E-state index contributed by atoms with van der Waals surface area (Å²) >= 11 is 0. The second-order valence-electron chi connectivity index (χ2n) is 6.19. The molecule has 8 heteroatoms. The lowest BCUT2D eigenvalue weighted by molar-refractivity contribution is -0.138. The van der Waals surface area contributed by atoms with Crippen LogP contribution in [0.5, 0.6) is 11.5 Å². The molecule has 1 amide bonds. The Hall–Kier alpha value is -2.87. The Bertz CT molecular complexity index is 857. The number of aromatic nitrogens is 2. The highest BCUT2D eigenvalue weighted by molar-refractivity contribution is 5.80. The molecule has 27 heavy (non-hydrogen) atoms. The third-order valence-electron chi connectivity index (χ3n) is 4.55. The second kappa shape index (κ2) is 8.22. The summed E-state index contributed by atoms with van der Waals surface area (Å²) in [7, 11) is 3.07. The molecule has 1 aliphatic rings. The van der Waals surface area contributed by atoms with Crippen molar-refractivity contribution in [2.45, 2.75) is 13.0 Å². The van der Waals surface area contributed by atoms with Gasteiger partial charge in [-0.3, -0.25) is 9.59 Å². The summed E-state index contributed by atoms with van der Waals surface area (Å²) in [5, 5.41) is 4.44. The van der Waals surface area contributed by atoms with Crippen molar-refractivity contribution in [1.82, 2.24) is 14.7 Å². The summed E-state index contributed by atoms with van der Waals surface area (Å²) in [4.78, 5) is 27.0. The van der Waals surface area contributed by atoms with Crippen molar-refractivity contribution < 1.29 is 19.0 Å². The molecule has 1 aliphatic heterocycles. The van der Waals surface area contributed by atoms with Crippen LogP contribution in [-0.2, 0) is 9.53 Å². The Morgan fingerprint density at radius 2 is 1.81 bits per heavy atom. The van der Waals surface area contributed by atoms with Gasteiger partial charge in [0.05, 0.1) is 27.4 Å². The SMILES string of the molecule is COc1ccc(-c2nn([C@H](C)C(=O)N3CCOCC3)c(=O)cc2OC)cc1. The zero-order valence-corrected chi connectivity index (χ0v) is 15.7. The van der Waals surface area contributed by atoms with Crippen molar-refractivity contribution in [1.29, 1.82) is 0 Å². The molecule has 0 aliphatic carbocycles. The van der Waals surface area contributed by atoms with Gasteiger partial charge in [-0.25, -0.2) is 4.68 Å². The Balaban J connectivity index is 1.97. The average molecular weight is 373 g/mol. The molecule has 2 aromatic rings. The Labute approximate surface area is 157 Å². The molecule has 2 heterocycles. The number of carbonyl (C=O) groups is 1. The highest BCUT2D eigenvalue weighted by atomic mass is 16.5. The standard InChI is InChI=1S/C19H23N3O5/c1-13(19(24)21-8-10-27-11-9-21)22-17(23)12-16(26-3)18(20-22)14-4-6-15(25-2)7-5-14/h4-7,12-13H,8-11H2,1-3H3/t13-/m1/s1. The summed E-state index contributed by atoms with van der Waals surface area (Å²) < 4.78 is 17.0. The highest BCUT2D eigenvalue weighted by Crippen LogP contribution is 2.28. The number of hydrogen-bond donors (Lipinski definition) is 0. The summed E-state index contributed by atoms with van der Waals surface area (Å²) in [5.41, 5.74) is 0.854. The predicted octanol–water partition coefficient (Wildman–Crippen LogP) is 1.35. The fraction of sp³-hybridized carbons (Fsp3) is 0.421. The lowest BCUT2D eigenvalue weighted by Gasteiger charge is -2.29. The van der Waals surface area contributed by atoms with E-state index in [4.69, 9.17) is 14.2 Å². The summed E-state index contributed by atoms with van der Waals surface area (Å²) in [6.45, 7) is 3.70. The fourth-order valence-electron chi connectivity index (χ4n) is 2.99. The van der Waals surface area contributed by atoms with Crippen LogP contribution in [0.25, 0.3) is 11.3 Å². The molecule has 0 N–H and O–H groups in total. The Morgan fingerprint density at radius 1 is 1.15 bits per heavy atom. The lowest BCUT2D eigenvalue weighted by atomic mass is 10.1. The van der Waals surface area contributed by atoms with Gasteiger partial charge >= 0.3 is 0 Å². The molecular formula is C19H23N3O5. The molecule has 1 aromatic carbocycles. The predicted molar refractivity (Wildman–Crippen MR) is 99.1 cm³/mol. The van der Waals surface area contributed by atoms with Crippen LogP contribution in [0, 0.1) is 0 Å². The van der Waals surface area contributed by atoms with Gasteiger partial charge in [0, 0.05) is 24.7 Å². The molecule has 0 radical (unpaired) electrons. The van der Waals surface area contributed by atoms with Gasteiger partial charge in [-0.1, -0.05) is 0 Å². The van der Waals surface area contributed by atoms with E-state index in [9.17, 15) is 9.59 Å². The number of ether oxygens (including phenoxy) is 3. The topological polar surface area (TPSA) is 82.9 Å². The van der Waals surface area contributed by atoms with Gasteiger partial charge in [-0.05, 0) is 31.2 Å². The van der Waals surface area contributed by atoms with E-state index in [0.29, 0.717) is 43.5 Å². The molecule has 1 saturated heterocycles. The van der Waals surface area contributed by atoms with Gasteiger partial charge in [0.15, 0.2) is 5.75 Å². The van der Waals surface area contributed by atoms with E-state index in [-0.39, 0.29) is 5.91 Å². The minimum absolute atomic E-state index is 0.154. The third-order valence-corrected chi connectivity index (χ3v) is 4.55. The molecule has 1 aromatic heterocycles. The van der Waals surface area contributed by atoms with Crippen molar-refractivity contribution in [3.05, 3.63) is 40.7 Å². The highest BCUT2D eigenvalue weighted by Gasteiger charge is 2.26. The second-order valence-corrected chi connectivity index (χ2v) is 6.19. The number of carbonyl (C=O) groups excluding carboxylic acids is 1. The molecule has 0 saturated carbocycles. The van der Waals surface area contributed by atoms with E-state index in [1.54, 1.807) is 31.1 Å². The number of morpholine rings is 1. The number of nitrogens with zero attached hydrogens (tertiary/aromatic N) is 3. The maximum Gasteiger partial charge on any atom is 0.271 e. The van der Waals surface area contributed by atoms with Gasteiger partial charge in [0.1, 0.15) is 17.5 Å². The van der Waals surface area contributed by atoms with Crippen molar-refractivity contribution in [2.75, 3.05) is 40.5 Å². The van der Waals surface area contributed by atoms with Gasteiger partial charge in [-0.2, -0.15) is 5.10 Å². The monoisotopic (exact) mass is 373 g/mol. The Morgan fingerprint density at radius 3 is 2.41 bits per heavy atom. The molecule has 1 fully saturated rings. The van der Waals surface area contributed by atoms with E-state index in [1.807, 2.05) is 12.1 Å². The van der Waals surface area contributed by atoms with Crippen LogP contribution in [0.15, 0.2) is 35.1 Å². The first kappa shape index (κ1) is 18.9. The zero-order chi connectivity index (χ0) is 19.4. The van der Waals surface area contributed by atoms with Gasteiger partial charge in [-0.15, -0.1) is 0 Å². The van der Waals surface area contributed by atoms with E-state index < -0.39 is 11.6 Å². The molecule has 0 bridgehead atoms. The maximum absolute atomic E-state index is 12.8. The van der Waals surface area contributed by atoms with E-state index >= 15 is 0 Å². The molecule has 3 rings (SSSR count). The smallest absolute Gasteiger partial charge is 0.271 e. The third kappa shape index (κ3) is 3.95. The largest absolute Gasteiger partial charge is 0.497 e. The molecule has 8 nitrogen and oxygen atoms in total. The van der Waals surface area contributed by atoms with Crippen molar-refractivity contribution in [3.63, 3.8) is 0 Å². The summed E-state index contributed by atoms with van der Waals surface area (Å²) in [6, 6.07) is 7.89. The van der Waals surface area contributed by atoms with Crippen LogP contribution in [0.1, 0.15) is 13.0 Å².